The average molecular weight is 268 g/mol. The van der Waals surface area contributed by atoms with Gasteiger partial charge in [0.25, 0.3) is 5.92 Å². The van der Waals surface area contributed by atoms with Crippen LogP contribution in [0.4, 0.5) is 8.78 Å². The lowest BCUT2D eigenvalue weighted by molar-refractivity contribution is -0.128. The van der Waals surface area contributed by atoms with Gasteiger partial charge in [-0.3, -0.25) is 4.79 Å². The van der Waals surface area contributed by atoms with Crippen LogP contribution in [-0.4, -0.2) is 34.6 Å². The van der Waals surface area contributed by atoms with Gasteiger partial charge >= 0.3 is 0 Å². The van der Waals surface area contributed by atoms with Gasteiger partial charge in [-0.25, -0.2) is 8.78 Å². The summed E-state index contributed by atoms with van der Waals surface area (Å²) < 4.78 is 25.8. The molecular formula is C9H12BrF2NO. The number of amides is 1. The molecule has 0 N–H and O–H groups in total. The van der Waals surface area contributed by atoms with Gasteiger partial charge < -0.3 is 4.90 Å². The van der Waals surface area contributed by atoms with Gasteiger partial charge in [0.15, 0.2) is 0 Å². The molecule has 1 saturated carbocycles. The van der Waals surface area contributed by atoms with Gasteiger partial charge in [-0.05, 0) is 6.42 Å². The van der Waals surface area contributed by atoms with Gasteiger partial charge in [-0.1, -0.05) is 22.9 Å². The molecule has 1 aliphatic heterocycles. The van der Waals surface area contributed by atoms with Crippen LogP contribution in [0.3, 0.4) is 0 Å². The predicted octanol–water partition coefficient (Wildman–Crippen LogP) is 2.03. The molecule has 14 heavy (non-hydrogen) atoms. The number of carbonyl (C=O) groups is 1. The summed E-state index contributed by atoms with van der Waals surface area (Å²) in [7, 11) is 0. The highest BCUT2D eigenvalue weighted by molar-refractivity contribution is 9.10. The van der Waals surface area contributed by atoms with E-state index in [0.29, 0.717) is 6.54 Å². The van der Waals surface area contributed by atoms with Crippen molar-refractivity contribution in [2.75, 3.05) is 13.1 Å². The van der Waals surface area contributed by atoms with E-state index < -0.39 is 11.3 Å². The molecule has 1 saturated heterocycles. The Bertz CT molecular complexity index is 284. The quantitative estimate of drug-likeness (QED) is 0.702. The van der Waals surface area contributed by atoms with Crippen molar-refractivity contribution in [3.63, 3.8) is 0 Å². The standard InChI is InChI=1S/C9H12BrF2NO/c1-8(4-9(8,11)12)5-13-3-2-6(10)7(13)14/h6H,2-5H2,1H3. The molecule has 2 aliphatic rings. The highest BCUT2D eigenvalue weighted by atomic mass is 79.9. The normalized spacial score (nSPS) is 40.4. The first-order valence-electron chi connectivity index (χ1n) is 4.66. The largest absolute Gasteiger partial charge is 0.341 e. The third-order valence-electron chi connectivity index (χ3n) is 3.14. The fourth-order valence-corrected chi connectivity index (χ4v) is 2.39. The zero-order chi connectivity index (χ0) is 10.6. The minimum atomic E-state index is -2.57. The van der Waals surface area contributed by atoms with Crippen LogP contribution in [0, 0.1) is 5.41 Å². The van der Waals surface area contributed by atoms with Gasteiger partial charge in [0.2, 0.25) is 5.91 Å². The zero-order valence-corrected chi connectivity index (χ0v) is 9.48. The number of hydrogen-bond acceptors (Lipinski definition) is 1. The van der Waals surface area contributed by atoms with Crippen molar-refractivity contribution in [1.82, 2.24) is 4.90 Å². The van der Waals surface area contributed by atoms with Crippen molar-refractivity contribution in [2.24, 2.45) is 5.41 Å². The second-order valence-electron chi connectivity index (χ2n) is 4.46. The number of halogens is 3. The molecule has 2 atom stereocenters. The van der Waals surface area contributed by atoms with E-state index in [4.69, 9.17) is 0 Å². The Hall–Kier alpha value is -0.190. The molecule has 2 unspecified atom stereocenters. The van der Waals surface area contributed by atoms with Gasteiger partial charge in [0.1, 0.15) is 0 Å². The highest BCUT2D eigenvalue weighted by Gasteiger charge is 2.68. The molecule has 2 rings (SSSR count). The molecule has 80 valence electrons. The summed E-state index contributed by atoms with van der Waals surface area (Å²) in [4.78, 5) is 12.8. The van der Waals surface area contributed by atoms with E-state index in [1.807, 2.05) is 0 Å². The number of rotatable bonds is 2. The van der Waals surface area contributed by atoms with Crippen molar-refractivity contribution in [2.45, 2.75) is 30.5 Å². The van der Waals surface area contributed by atoms with Crippen LogP contribution in [0.2, 0.25) is 0 Å². The highest BCUT2D eigenvalue weighted by Crippen LogP contribution is 2.60. The third-order valence-corrected chi connectivity index (χ3v) is 3.99. The Balaban J connectivity index is 1.97. The molecule has 0 radical (unpaired) electrons. The molecule has 1 amide bonds. The lowest BCUT2D eigenvalue weighted by Crippen LogP contribution is -2.34. The fraction of sp³-hybridized carbons (Fsp3) is 0.889. The molecule has 2 nitrogen and oxygen atoms in total. The lowest BCUT2D eigenvalue weighted by atomic mass is 10.1. The third kappa shape index (κ3) is 1.45. The number of carbonyl (C=O) groups excluding carboxylic acids is 1. The molecule has 0 aromatic rings. The second kappa shape index (κ2) is 2.90. The van der Waals surface area contributed by atoms with Crippen molar-refractivity contribution in [3.05, 3.63) is 0 Å². The van der Waals surface area contributed by atoms with Gasteiger partial charge in [0, 0.05) is 19.5 Å². The summed E-state index contributed by atoms with van der Waals surface area (Å²) in [5, 5.41) is 0. The number of hydrogen-bond donors (Lipinski definition) is 0. The molecule has 0 aromatic heterocycles. The first kappa shape index (κ1) is 10.3. The molecule has 1 heterocycles. The maximum atomic E-state index is 12.9. The first-order valence-corrected chi connectivity index (χ1v) is 5.58. The first-order chi connectivity index (χ1) is 6.36. The molecule has 2 fully saturated rings. The summed E-state index contributed by atoms with van der Waals surface area (Å²) >= 11 is 3.22. The SMILES string of the molecule is CC1(CN2CCC(Br)C2=O)CC1(F)F. The van der Waals surface area contributed by atoms with Crippen molar-refractivity contribution >= 4 is 21.8 Å². The monoisotopic (exact) mass is 267 g/mol. The van der Waals surface area contributed by atoms with E-state index >= 15 is 0 Å². The van der Waals surface area contributed by atoms with Crippen LogP contribution in [0.15, 0.2) is 0 Å². The van der Waals surface area contributed by atoms with Crippen LogP contribution < -0.4 is 0 Å². The summed E-state index contributed by atoms with van der Waals surface area (Å²) in [5.74, 6) is -2.62. The van der Waals surface area contributed by atoms with E-state index in [0.717, 1.165) is 6.42 Å². The predicted molar refractivity (Wildman–Crippen MR) is 51.6 cm³/mol. The molecule has 1 aliphatic carbocycles. The Morgan fingerprint density at radius 3 is 2.57 bits per heavy atom. The maximum absolute atomic E-state index is 12.9. The van der Waals surface area contributed by atoms with E-state index in [1.165, 1.54) is 0 Å². The van der Waals surface area contributed by atoms with Gasteiger partial charge in [0.05, 0.1) is 10.2 Å². The Morgan fingerprint density at radius 1 is 1.64 bits per heavy atom. The molecule has 5 heteroatoms. The number of nitrogens with zero attached hydrogens (tertiary/aromatic N) is 1. The van der Waals surface area contributed by atoms with E-state index in [-0.39, 0.29) is 23.7 Å². The number of alkyl halides is 3. The van der Waals surface area contributed by atoms with Crippen LogP contribution in [-0.2, 0) is 4.79 Å². The van der Waals surface area contributed by atoms with Crippen LogP contribution in [0.1, 0.15) is 19.8 Å². The van der Waals surface area contributed by atoms with Crippen LogP contribution in [0.25, 0.3) is 0 Å². The minimum absolute atomic E-state index is 0.0473. The molecule has 0 aromatic carbocycles. The van der Waals surface area contributed by atoms with Crippen LogP contribution >= 0.6 is 15.9 Å². The summed E-state index contributed by atoms with van der Waals surface area (Å²) in [6, 6.07) is 0. The second-order valence-corrected chi connectivity index (χ2v) is 5.56. The van der Waals surface area contributed by atoms with E-state index in [1.54, 1.807) is 11.8 Å². The van der Waals surface area contributed by atoms with E-state index in [2.05, 4.69) is 15.9 Å². The van der Waals surface area contributed by atoms with E-state index in [9.17, 15) is 13.6 Å². The fourth-order valence-electron chi connectivity index (χ4n) is 1.90. The van der Waals surface area contributed by atoms with Crippen LogP contribution in [0.5, 0.6) is 0 Å². The lowest BCUT2D eigenvalue weighted by Gasteiger charge is -2.20. The minimum Gasteiger partial charge on any atom is -0.341 e. The molecule has 0 bridgehead atoms. The van der Waals surface area contributed by atoms with Crippen molar-refractivity contribution in [1.29, 1.82) is 0 Å². The molecule has 0 spiro atoms. The number of likely N-dealkylation sites (tertiary alicyclic amines) is 1. The topological polar surface area (TPSA) is 20.3 Å². The van der Waals surface area contributed by atoms with Crippen molar-refractivity contribution < 1.29 is 13.6 Å². The summed E-state index contributed by atoms with van der Waals surface area (Å²) in [6.45, 7) is 2.34. The Kier molecular flexibility index (Phi) is 2.14. The maximum Gasteiger partial charge on any atom is 0.256 e. The van der Waals surface area contributed by atoms with Gasteiger partial charge in [-0.15, -0.1) is 0 Å². The average Bonchev–Trinajstić information content (AvgIpc) is 2.40. The Morgan fingerprint density at radius 2 is 2.21 bits per heavy atom. The summed E-state index contributed by atoms with van der Waals surface area (Å²) in [6.07, 6.45) is 0.636. The Labute approximate surface area is 89.8 Å². The van der Waals surface area contributed by atoms with Crippen molar-refractivity contribution in [3.8, 4) is 0 Å². The smallest absolute Gasteiger partial charge is 0.256 e. The zero-order valence-electron chi connectivity index (χ0n) is 7.90. The summed E-state index contributed by atoms with van der Waals surface area (Å²) in [5.41, 5.74) is -0.973. The van der Waals surface area contributed by atoms with Gasteiger partial charge in [-0.2, -0.15) is 0 Å². The molecular weight excluding hydrogens is 256 g/mol.